The van der Waals surface area contributed by atoms with Crippen molar-refractivity contribution in [2.75, 3.05) is 12.3 Å². The van der Waals surface area contributed by atoms with E-state index in [9.17, 15) is 10.1 Å². The Kier molecular flexibility index (Phi) is 5.94. The number of nitrogens with two attached hydrogens (primary N) is 2. The highest BCUT2D eigenvalue weighted by Gasteiger charge is 2.28. The maximum Gasteiger partial charge on any atom is 0.252 e. The number of hydrogen-bond donors (Lipinski definition) is 2. The number of benzene rings is 3. The molecule has 1 heterocycles. The van der Waals surface area contributed by atoms with Crippen molar-refractivity contribution in [1.29, 1.82) is 5.26 Å². The molecule has 7 heteroatoms. The highest BCUT2D eigenvalue weighted by molar-refractivity contribution is 5.95. The number of ether oxygens (including phenoxy) is 1. The van der Waals surface area contributed by atoms with E-state index in [1.807, 2.05) is 36.4 Å². The summed E-state index contributed by atoms with van der Waals surface area (Å²) in [5, 5.41) is 14.6. The number of amides is 1. The lowest BCUT2D eigenvalue weighted by molar-refractivity contribution is 0.0996. The van der Waals surface area contributed by atoms with Crippen LogP contribution in [-0.4, -0.2) is 22.3 Å². The third-order valence-electron chi connectivity index (χ3n) is 6.48. The quantitative estimate of drug-likeness (QED) is 0.424. The third-order valence-corrected chi connectivity index (χ3v) is 6.48. The van der Waals surface area contributed by atoms with Crippen molar-refractivity contribution < 1.29 is 9.53 Å². The molecule has 7 nitrogen and oxygen atoms in total. The SMILES string of the molecule is N#Cc1c(-c2ccc(CCOc3ccccc3C(N)=O)cc2)nn([C@@H]2CCc3ccccc32)c1N. The second-order valence-electron chi connectivity index (χ2n) is 8.57. The molecule has 3 aromatic carbocycles. The van der Waals surface area contributed by atoms with Crippen LogP contribution in [0.2, 0.25) is 0 Å². The number of nitriles is 1. The first kappa shape index (κ1) is 22.2. The first-order valence-electron chi connectivity index (χ1n) is 11.5. The van der Waals surface area contributed by atoms with E-state index in [0.29, 0.717) is 41.4 Å². The predicted octanol–water partition coefficient (Wildman–Crippen LogP) is 4.26. The largest absolute Gasteiger partial charge is 0.492 e. The second-order valence-corrected chi connectivity index (χ2v) is 8.57. The smallest absolute Gasteiger partial charge is 0.252 e. The molecular weight excluding hydrogens is 438 g/mol. The summed E-state index contributed by atoms with van der Waals surface area (Å²) in [6, 6.07) is 25.4. The summed E-state index contributed by atoms with van der Waals surface area (Å²) < 4.78 is 7.59. The normalized spacial score (nSPS) is 14.3. The highest BCUT2D eigenvalue weighted by atomic mass is 16.5. The van der Waals surface area contributed by atoms with Crippen molar-refractivity contribution in [2.45, 2.75) is 25.3 Å². The molecular formula is C28H25N5O2. The summed E-state index contributed by atoms with van der Waals surface area (Å²) in [6.45, 7) is 0.399. The summed E-state index contributed by atoms with van der Waals surface area (Å²) in [5.74, 6) is 0.359. The summed E-state index contributed by atoms with van der Waals surface area (Å²) in [4.78, 5) is 11.6. The van der Waals surface area contributed by atoms with Crippen LogP contribution in [0.15, 0.2) is 72.8 Å². The van der Waals surface area contributed by atoms with E-state index >= 15 is 0 Å². The Balaban J connectivity index is 1.33. The Bertz CT molecular complexity index is 1430. The zero-order valence-electron chi connectivity index (χ0n) is 19.1. The minimum Gasteiger partial charge on any atom is -0.492 e. The summed E-state index contributed by atoms with van der Waals surface area (Å²) in [5.41, 5.74) is 17.6. The van der Waals surface area contributed by atoms with Crippen LogP contribution in [0.4, 0.5) is 5.82 Å². The Hall–Kier alpha value is -4.57. The molecule has 4 N–H and O–H groups in total. The number of carbonyl (C=O) groups is 1. The summed E-state index contributed by atoms with van der Waals surface area (Å²) >= 11 is 0. The molecule has 0 fully saturated rings. The van der Waals surface area contributed by atoms with Crippen molar-refractivity contribution >= 4 is 11.7 Å². The molecule has 0 saturated heterocycles. The molecule has 1 aromatic heterocycles. The molecule has 1 aliphatic rings. The first-order chi connectivity index (χ1) is 17.1. The lowest BCUT2D eigenvalue weighted by Crippen LogP contribution is -2.13. The van der Waals surface area contributed by atoms with Gasteiger partial charge in [-0.2, -0.15) is 10.4 Å². The van der Waals surface area contributed by atoms with Gasteiger partial charge in [-0.25, -0.2) is 4.68 Å². The number of fused-ring (bicyclic) bond motifs is 1. The fourth-order valence-electron chi connectivity index (χ4n) is 4.69. The zero-order valence-corrected chi connectivity index (χ0v) is 19.1. The lowest BCUT2D eigenvalue weighted by Gasteiger charge is -2.14. The predicted molar refractivity (Wildman–Crippen MR) is 134 cm³/mol. The fourth-order valence-corrected chi connectivity index (χ4v) is 4.69. The summed E-state index contributed by atoms with van der Waals surface area (Å²) in [7, 11) is 0. The lowest BCUT2D eigenvalue weighted by atomic mass is 10.0. The van der Waals surface area contributed by atoms with E-state index in [0.717, 1.165) is 24.0 Å². The number of hydrogen-bond acceptors (Lipinski definition) is 5. The third kappa shape index (κ3) is 4.22. The molecule has 174 valence electrons. The Labute approximate surface area is 203 Å². The van der Waals surface area contributed by atoms with E-state index < -0.39 is 5.91 Å². The van der Waals surface area contributed by atoms with E-state index in [1.54, 1.807) is 28.9 Å². The van der Waals surface area contributed by atoms with E-state index in [-0.39, 0.29) is 6.04 Å². The molecule has 0 radical (unpaired) electrons. The van der Waals surface area contributed by atoms with Crippen LogP contribution in [-0.2, 0) is 12.8 Å². The van der Waals surface area contributed by atoms with Crippen LogP contribution in [0.3, 0.4) is 0 Å². The number of primary amides is 1. The Morgan fingerprint density at radius 3 is 2.60 bits per heavy atom. The minimum absolute atomic E-state index is 0.0340. The van der Waals surface area contributed by atoms with E-state index in [2.05, 4.69) is 18.2 Å². The standard InChI is InChI=1S/C28H25N5O2/c29-17-23-26(32-33(27(23)30)24-14-13-19-5-1-2-6-21(19)24)20-11-9-18(10-12-20)15-16-35-25-8-4-3-7-22(25)28(31)34/h1-12,24H,13-16,30H2,(H2,31,34)/t24-/m1/s1. The van der Waals surface area contributed by atoms with Crippen molar-refractivity contribution in [2.24, 2.45) is 5.73 Å². The average Bonchev–Trinajstić information content (AvgIpc) is 3.45. The van der Waals surface area contributed by atoms with Gasteiger partial charge >= 0.3 is 0 Å². The molecule has 0 unspecified atom stereocenters. The monoisotopic (exact) mass is 463 g/mol. The minimum atomic E-state index is -0.516. The molecule has 1 aliphatic carbocycles. The highest BCUT2D eigenvalue weighted by Crippen LogP contribution is 2.38. The topological polar surface area (TPSA) is 120 Å². The van der Waals surface area contributed by atoms with Gasteiger partial charge in [0.25, 0.3) is 5.91 Å². The molecule has 0 aliphatic heterocycles. The Morgan fingerprint density at radius 1 is 1.09 bits per heavy atom. The van der Waals surface area contributed by atoms with Gasteiger partial charge < -0.3 is 16.2 Å². The van der Waals surface area contributed by atoms with Crippen molar-refractivity contribution in [3.05, 3.63) is 101 Å². The molecule has 0 bridgehead atoms. The van der Waals surface area contributed by atoms with Gasteiger partial charge in [-0.3, -0.25) is 4.79 Å². The second kappa shape index (κ2) is 9.35. The fraction of sp³-hybridized carbons (Fsp3) is 0.179. The molecule has 0 spiro atoms. The number of anilines is 1. The van der Waals surface area contributed by atoms with Crippen molar-refractivity contribution in [3.63, 3.8) is 0 Å². The van der Waals surface area contributed by atoms with Gasteiger partial charge in [0.2, 0.25) is 0 Å². The van der Waals surface area contributed by atoms with Crippen molar-refractivity contribution in [3.8, 4) is 23.1 Å². The molecule has 0 saturated carbocycles. The number of carbonyl (C=O) groups excluding carboxylic acids is 1. The maximum absolute atomic E-state index is 11.6. The van der Waals surface area contributed by atoms with E-state index in [1.165, 1.54) is 11.1 Å². The number of nitrogen functional groups attached to an aromatic ring is 1. The van der Waals surface area contributed by atoms with Crippen LogP contribution in [0.25, 0.3) is 11.3 Å². The maximum atomic E-state index is 11.6. The zero-order chi connectivity index (χ0) is 24.4. The van der Waals surface area contributed by atoms with Crippen molar-refractivity contribution in [1.82, 2.24) is 9.78 Å². The van der Waals surface area contributed by atoms with Crippen LogP contribution in [0.5, 0.6) is 5.75 Å². The number of nitrogens with zero attached hydrogens (tertiary/aromatic N) is 3. The number of aryl methyl sites for hydroxylation is 1. The molecule has 1 amide bonds. The van der Waals surface area contributed by atoms with E-state index in [4.69, 9.17) is 21.3 Å². The first-order valence-corrected chi connectivity index (χ1v) is 11.5. The Morgan fingerprint density at radius 2 is 1.83 bits per heavy atom. The van der Waals surface area contributed by atoms with Crippen LogP contribution < -0.4 is 16.2 Å². The van der Waals surface area contributed by atoms with Gasteiger partial charge in [-0.1, -0.05) is 60.7 Å². The number of para-hydroxylation sites is 1. The molecule has 1 atom stereocenters. The average molecular weight is 464 g/mol. The van der Waals surface area contributed by atoms with Gasteiger partial charge in [0.15, 0.2) is 0 Å². The molecule has 35 heavy (non-hydrogen) atoms. The van der Waals surface area contributed by atoms with Gasteiger partial charge in [0.1, 0.15) is 28.9 Å². The van der Waals surface area contributed by atoms with Gasteiger partial charge in [0, 0.05) is 12.0 Å². The van der Waals surface area contributed by atoms with Crippen LogP contribution in [0, 0.1) is 11.3 Å². The van der Waals surface area contributed by atoms with Gasteiger partial charge in [-0.05, 0) is 41.7 Å². The van der Waals surface area contributed by atoms with Gasteiger partial charge in [0.05, 0.1) is 18.2 Å². The molecule has 5 rings (SSSR count). The number of aromatic nitrogens is 2. The van der Waals surface area contributed by atoms with Gasteiger partial charge in [-0.15, -0.1) is 0 Å². The summed E-state index contributed by atoms with van der Waals surface area (Å²) in [6.07, 6.45) is 2.53. The van der Waals surface area contributed by atoms with Crippen LogP contribution >= 0.6 is 0 Å². The molecule has 4 aromatic rings. The number of rotatable bonds is 7. The van der Waals surface area contributed by atoms with Crippen LogP contribution in [0.1, 0.15) is 45.1 Å².